The van der Waals surface area contributed by atoms with Gasteiger partial charge in [0.1, 0.15) is 11.7 Å². The fourth-order valence-electron chi connectivity index (χ4n) is 2.55. The monoisotopic (exact) mass is 260 g/mol. The summed E-state index contributed by atoms with van der Waals surface area (Å²) in [5, 5.41) is 8.37. The number of para-hydroxylation sites is 1. The summed E-state index contributed by atoms with van der Waals surface area (Å²) in [4.78, 5) is 0. The van der Waals surface area contributed by atoms with Gasteiger partial charge in [0, 0.05) is 0 Å². The summed E-state index contributed by atoms with van der Waals surface area (Å²) in [7, 11) is 0. The molecule has 0 saturated carbocycles. The molecule has 2 N–H and O–H groups in total. The number of hydrogen-bond acceptors (Lipinski definition) is 3. The molecule has 0 saturated heterocycles. The van der Waals surface area contributed by atoms with Crippen molar-refractivity contribution in [2.24, 2.45) is 11.7 Å². The predicted molar refractivity (Wildman–Crippen MR) is 78.7 cm³/mol. The first-order valence-corrected chi connectivity index (χ1v) is 7.31. The van der Waals surface area contributed by atoms with Crippen LogP contribution in [0.5, 0.6) is 0 Å². The van der Waals surface area contributed by atoms with Gasteiger partial charge in [-0.1, -0.05) is 56.9 Å². The Morgan fingerprint density at radius 2 is 2.05 bits per heavy atom. The molecule has 2 aromatic rings. The zero-order valence-corrected chi connectivity index (χ0v) is 11.9. The topological polar surface area (TPSA) is 56.7 Å². The molecule has 0 aliphatic heterocycles. The van der Waals surface area contributed by atoms with Crippen molar-refractivity contribution < 1.29 is 0 Å². The van der Waals surface area contributed by atoms with Crippen LogP contribution in [0, 0.1) is 5.92 Å². The van der Waals surface area contributed by atoms with Gasteiger partial charge in [0.15, 0.2) is 0 Å². The van der Waals surface area contributed by atoms with Gasteiger partial charge in [-0.15, -0.1) is 5.10 Å². The third-order valence-corrected chi connectivity index (χ3v) is 3.81. The number of unbranched alkanes of at least 4 members (excludes halogenated alkanes) is 1. The van der Waals surface area contributed by atoms with Crippen molar-refractivity contribution in [1.29, 1.82) is 0 Å². The highest BCUT2D eigenvalue weighted by molar-refractivity contribution is 5.73. The van der Waals surface area contributed by atoms with Crippen molar-refractivity contribution in [3.8, 4) is 0 Å². The van der Waals surface area contributed by atoms with E-state index < -0.39 is 0 Å². The van der Waals surface area contributed by atoms with Crippen LogP contribution >= 0.6 is 0 Å². The Morgan fingerprint density at radius 1 is 1.26 bits per heavy atom. The summed E-state index contributed by atoms with van der Waals surface area (Å²) in [6.07, 6.45) is 5.87. The van der Waals surface area contributed by atoms with Gasteiger partial charge in [0.25, 0.3) is 0 Å². The van der Waals surface area contributed by atoms with Crippen molar-refractivity contribution in [3.63, 3.8) is 0 Å². The van der Waals surface area contributed by atoms with Gasteiger partial charge in [-0.05, 0) is 24.5 Å². The summed E-state index contributed by atoms with van der Waals surface area (Å²) in [6, 6.07) is 7.98. The second-order valence-electron chi connectivity index (χ2n) is 5.24. The minimum Gasteiger partial charge on any atom is -0.310 e. The summed E-state index contributed by atoms with van der Waals surface area (Å²) in [5.41, 5.74) is 8.26. The van der Waals surface area contributed by atoms with E-state index >= 15 is 0 Å². The van der Waals surface area contributed by atoms with Crippen LogP contribution in [-0.2, 0) is 0 Å². The highest BCUT2D eigenvalue weighted by atomic mass is 15.5. The Hall–Kier alpha value is -1.42. The van der Waals surface area contributed by atoms with Crippen LogP contribution in [0.4, 0.5) is 0 Å². The molecule has 0 radical (unpaired) electrons. The van der Waals surface area contributed by atoms with Crippen LogP contribution in [-0.4, -0.2) is 15.0 Å². The number of benzene rings is 1. The van der Waals surface area contributed by atoms with E-state index in [1.165, 1.54) is 25.7 Å². The fraction of sp³-hybridized carbons (Fsp3) is 0.600. The van der Waals surface area contributed by atoms with Crippen LogP contribution in [0.1, 0.15) is 52.1 Å². The number of rotatable bonds is 7. The maximum absolute atomic E-state index is 6.31. The van der Waals surface area contributed by atoms with Crippen molar-refractivity contribution in [3.05, 3.63) is 24.3 Å². The van der Waals surface area contributed by atoms with E-state index in [9.17, 15) is 0 Å². The summed E-state index contributed by atoms with van der Waals surface area (Å²) in [6.45, 7) is 4.48. The summed E-state index contributed by atoms with van der Waals surface area (Å²) in [5.74, 6) is 0.679. The predicted octanol–water partition coefficient (Wildman–Crippen LogP) is 3.50. The molecule has 104 valence electrons. The Balaban J connectivity index is 2.08. The number of aromatic nitrogens is 3. The zero-order valence-electron chi connectivity index (χ0n) is 11.9. The molecule has 0 amide bonds. The van der Waals surface area contributed by atoms with Gasteiger partial charge >= 0.3 is 0 Å². The minimum absolute atomic E-state index is 0.0748. The third kappa shape index (κ3) is 3.32. The number of nitrogens with zero attached hydrogens (tertiary/aromatic N) is 3. The molecule has 4 heteroatoms. The van der Waals surface area contributed by atoms with Crippen molar-refractivity contribution in [1.82, 2.24) is 15.0 Å². The molecule has 2 atom stereocenters. The second kappa shape index (κ2) is 6.66. The van der Waals surface area contributed by atoms with E-state index in [0.29, 0.717) is 5.92 Å². The highest BCUT2D eigenvalue weighted by Crippen LogP contribution is 2.23. The quantitative estimate of drug-likeness (QED) is 0.829. The van der Waals surface area contributed by atoms with Crippen LogP contribution in [0.15, 0.2) is 24.3 Å². The smallest absolute Gasteiger partial charge is 0.113 e. The third-order valence-electron chi connectivity index (χ3n) is 3.81. The highest BCUT2D eigenvalue weighted by Gasteiger charge is 2.16. The van der Waals surface area contributed by atoms with Crippen molar-refractivity contribution in [2.75, 3.05) is 0 Å². The largest absolute Gasteiger partial charge is 0.310 e. The maximum atomic E-state index is 6.31. The molecule has 1 aromatic heterocycles. The molecule has 0 bridgehead atoms. The Bertz CT molecular complexity index is 506. The van der Waals surface area contributed by atoms with E-state index in [1.807, 2.05) is 28.9 Å². The lowest BCUT2D eigenvalue weighted by Crippen LogP contribution is -2.23. The number of fused-ring (bicyclic) bond motifs is 1. The van der Waals surface area contributed by atoms with Gasteiger partial charge in [-0.25, -0.2) is 4.68 Å². The van der Waals surface area contributed by atoms with Crippen molar-refractivity contribution in [2.45, 2.75) is 52.1 Å². The second-order valence-corrected chi connectivity index (χ2v) is 5.24. The fourth-order valence-corrected chi connectivity index (χ4v) is 2.55. The van der Waals surface area contributed by atoms with Gasteiger partial charge in [-0.2, -0.15) is 0 Å². The minimum atomic E-state index is -0.0748. The number of hydrogen-bond donors (Lipinski definition) is 1. The standard InChI is InChI=1S/C15H24N4/c1-3-5-8-12(4-2)11-15(16)19-14-10-7-6-9-13(14)17-18-19/h6-7,9-10,12,15H,3-5,8,11,16H2,1-2H3. The average molecular weight is 260 g/mol. The molecule has 0 fully saturated rings. The van der Waals surface area contributed by atoms with E-state index in [2.05, 4.69) is 24.2 Å². The normalized spacial score (nSPS) is 14.7. The molecule has 0 spiro atoms. The summed E-state index contributed by atoms with van der Waals surface area (Å²) < 4.78 is 1.87. The molecule has 4 nitrogen and oxygen atoms in total. The molecule has 1 aromatic carbocycles. The molecular formula is C15H24N4. The van der Waals surface area contributed by atoms with Gasteiger partial charge < -0.3 is 5.73 Å². The Kier molecular flexibility index (Phi) is 4.91. The van der Waals surface area contributed by atoms with Gasteiger partial charge in [-0.3, -0.25) is 0 Å². The van der Waals surface area contributed by atoms with E-state index in [0.717, 1.165) is 17.5 Å². The lowest BCUT2D eigenvalue weighted by Gasteiger charge is -2.19. The van der Waals surface area contributed by atoms with Gasteiger partial charge in [0.2, 0.25) is 0 Å². The maximum Gasteiger partial charge on any atom is 0.113 e. The molecular weight excluding hydrogens is 236 g/mol. The molecule has 2 rings (SSSR count). The molecule has 2 unspecified atom stereocenters. The lowest BCUT2D eigenvalue weighted by molar-refractivity contribution is 0.325. The zero-order chi connectivity index (χ0) is 13.7. The Labute approximate surface area is 115 Å². The van der Waals surface area contributed by atoms with E-state index in [4.69, 9.17) is 5.73 Å². The first-order chi connectivity index (χ1) is 9.26. The van der Waals surface area contributed by atoms with Crippen molar-refractivity contribution >= 4 is 11.0 Å². The van der Waals surface area contributed by atoms with E-state index in [1.54, 1.807) is 0 Å². The molecule has 0 aliphatic carbocycles. The average Bonchev–Trinajstić information content (AvgIpc) is 2.87. The van der Waals surface area contributed by atoms with Gasteiger partial charge in [0.05, 0.1) is 5.52 Å². The molecule has 1 heterocycles. The Morgan fingerprint density at radius 3 is 2.79 bits per heavy atom. The molecule has 0 aliphatic rings. The molecule has 19 heavy (non-hydrogen) atoms. The number of nitrogens with two attached hydrogens (primary N) is 1. The summed E-state index contributed by atoms with van der Waals surface area (Å²) >= 11 is 0. The van der Waals surface area contributed by atoms with E-state index in [-0.39, 0.29) is 6.17 Å². The van der Waals surface area contributed by atoms with Crippen LogP contribution in [0.2, 0.25) is 0 Å². The van der Waals surface area contributed by atoms with Crippen LogP contribution in [0.3, 0.4) is 0 Å². The first kappa shape index (κ1) is 14.0. The van der Waals surface area contributed by atoms with Crippen LogP contribution in [0.25, 0.3) is 11.0 Å². The van der Waals surface area contributed by atoms with Crippen LogP contribution < -0.4 is 5.73 Å². The SMILES string of the molecule is CCCCC(CC)CC(N)n1nnc2ccccc21. The first-order valence-electron chi connectivity index (χ1n) is 7.31. The lowest BCUT2D eigenvalue weighted by atomic mass is 9.94.